The van der Waals surface area contributed by atoms with Crippen molar-refractivity contribution < 1.29 is 27.2 Å². The Morgan fingerprint density at radius 3 is 2.65 bits per heavy atom. The second-order valence-electron chi connectivity index (χ2n) is 5.77. The van der Waals surface area contributed by atoms with E-state index in [1.807, 2.05) is 0 Å². The fraction of sp³-hybridized carbons (Fsp3) is 0.412. The maximum absolute atomic E-state index is 12.9. The van der Waals surface area contributed by atoms with E-state index in [-0.39, 0.29) is 28.7 Å². The molecule has 1 aliphatic heterocycles. The summed E-state index contributed by atoms with van der Waals surface area (Å²) in [6.45, 7) is 2.90. The predicted octanol–water partition coefficient (Wildman–Crippen LogP) is 2.31. The van der Waals surface area contributed by atoms with E-state index >= 15 is 0 Å². The van der Waals surface area contributed by atoms with Gasteiger partial charge >= 0.3 is 5.97 Å². The van der Waals surface area contributed by atoms with E-state index in [1.54, 1.807) is 19.1 Å². The van der Waals surface area contributed by atoms with E-state index in [2.05, 4.69) is 5.16 Å². The summed E-state index contributed by atoms with van der Waals surface area (Å²) in [4.78, 5) is 11.8. The Bertz CT molecular complexity index is 900. The van der Waals surface area contributed by atoms with Crippen LogP contribution in [0.2, 0.25) is 0 Å². The summed E-state index contributed by atoms with van der Waals surface area (Å²) >= 11 is 0. The molecule has 2 heterocycles. The molecular weight excluding hydrogens is 360 g/mol. The minimum absolute atomic E-state index is 0.0293. The van der Waals surface area contributed by atoms with Gasteiger partial charge < -0.3 is 14.0 Å². The molecule has 8 nitrogen and oxygen atoms in total. The average molecular weight is 380 g/mol. The van der Waals surface area contributed by atoms with Gasteiger partial charge in [0.15, 0.2) is 11.5 Å². The number of esters is 1. The normalized spacial score (nSPS) is 15.2. The molecule has 1 aromatic heterocycles. The molecule has 0 aliphatic carbocycles. The molecule has 0 bridgehead atoms. The van der Waals surface area contributed by atoms with E-state index < -0.39 is 16.0 Å². The van der Waals surface area contributed by atoms with Crippen LogP contribution in [0.3, 0.4) is 0 Å². The minimum Gasteiger partial charge on any atom is -0.495 e. The molecular formula is C17H20N2O6S. The molecule has 1 aromatic carbocycles. The zero-order chi connectivity index (χ0) is 18.7. The summed E-state index contributed by atoms with van der Waals surface area (Å²) in [5.41, 5.74) is 0.508. The van der Waals surface area contributed by atoms with Crippen LogP contribution in [0, 0.1) is 0 Å². The van der Waals surface area contributed by atoms with E-state index in [1.165, 1.54) is 23.5 Å². The summed E-state index contributed by atoms with van der Waals surface area (Å²) in [6.07, 6.45) is 1.68. The van der Waals surface area contributed by atoms with Crippen LogP contribution >= 0.6 is 0 Å². The smallest absolute Gasteiger partial charge is 0.360 e. The fourth-order valence-corrected chi connectivity index (χ4v) is 4.51. The fourth-order valence-electron chi connectivity index (χ4n) is 2.81. The maximum atomic E-state index is 12.9. The molecule has 1 fully saturated rings. The molecule has 3 rings (SSSR count). The summed E-state index contributed by atoms with van der Waals surface area (Å²) in [7, 11) is -2.25. The van der Waals surface area contributed by atoms with Crippen LogP contribution in [0.5, 0.6) is 5.75 Å². The summed E-state index contributed by atoms with van der Waals surface area (Å²) in [5, 5.41) is 3.68. The lowest BCUT2D eigenvalue weighted by Gasteiger charge is -2.18. The highest BCUT2D eigenvalue weighted by Crippen LogP contribution is 2.33. The lowest BCUT2D eigenvalue weighted by molar-refractivity contribution is 0.0514. The molecule has 0 spiro atoms. The second-order valence-corrected chi connectivity index (χ2v) is 7.68. The van der Waals surface area contributed by atoms with Crippen molar-refractivity contribution in [2.24, 2.45) is 0 Å². The van der Waals surface area contributed by atoms with Crippen LogP contribution in [-0.4, -0.2) is 50.7 Å². The lowest BCUT2D eigenvalue weighted by Crippen LogP contribution is -2.28. The zero-order valence-electron chi connectivity index (χ0n) is 14.6. The van der Waals surface area contributed by atoms with Crippen molar-refractivity contribution in [3.63, 3.8) is 0 Å². The molecule has 0 N–H and O–H groups in total. The number of nitrogens with zero attached hydrogens (tertiary/aromatic N) is 2. The van der Waals surface area contributed by atoms with Crippen molar-refractivity contribution in [2.75, 3.05) is 26.8 Å². The Morgan fingerprint density at radius 2 is 2.00 bits per heavy atom. The van der Waals surface area contributed by atoms with Crippen molar-refractivity contribution in [3.8, 4) is 17.1 Å². The molecule has 1 aliphatic rings. The van der Waals surface area contributed by atoms with E-state index in [0.29, 0.717) is 18.7 Å². The minimum atomic E-state index is -3.68. The number of ether oxygens (including phenoxy) is 2. The molecule has 0 unspecified atom stereocenters. The van der Waals surface area contributed by atoms with Gasteiger partial charge in [0, 0.05) is 24.7 Å². The van der Waals surface area contributed by atoms with Crippen LogP contribution in [-0.2, 0) is 14.8 Å². The molecule has 0 radical (unpaired) electrons. The Balaban J connectivity index is 1.99. The number of sulfonamides is 1. The number of hydrogen-bond donors (Lipinski definition) is 0. The summed E-state index contributed by atoms with van der Waals surface area (Å²) in [6, 6.07) is 6.11. The highest BCUT2D eigenvalue weighted by molar-refractivity contribution is 7.89. The number of methoxy groups -OCH3 is 1. The number of hydrogen-bond acceptors (Lipinski definition) is 7. The topological polar surface area (TPSA) is 98.9 Å². The van der Waals surface area contributed by atoms with Gasteiger partial charge in [0.05, 0.1) is 13.7 Å². The van der Waals surface area contributed by atoms with Gasteiger partial charge in [-0.15, -0.1) is 0 Å². The number of carbonyl (C=O) groups is 1. The van der Waals surface area contributed by atoms with Crippen LogP contribution < -0.4 is 4.74 Å². The third-order valence-corrected chi connectivity index (χ3v) is 6.05. The molecule has 0 amide bonds. The standard InChI is InChI=1S/C17H20N2O6S/c1-3-24-17(20)13-11-15(25-18-13)12-6-7-14(23-2)16(10-12)26(21,22)19-8-4-5-9-19/h6-7,10-11H,3-5,8-9H2,1-2H3. The Labute approximate surface area is 151 Å². The van der Waals surface area contributed by atoms with E-state index in [0.717, 1.165) is 12.8 Å². The van der Waals surface area contributed by atoms with Gasteiger partial charge in [-0.1, -0.05) is 5.16 Å². The first-order chi connectivity index (χ1) is 12.5. The van der Waals surface area contributed by atoms with E-state index in [4.69, 9.17) is 14.0 Å². The van der Waals surface area contributed by atoms with Crippen LogP contribution in [0.25, 0.3) is 11.3 Å². The number of benzene rings is 1. The maximum Gasteiger partial charge on any atom is 0.360 e. The molecule has 26 heavy (non-hydrogen) atoms. The first kappa shape index (κ1) is 18.4. The van der Waals surface area contributed by atoms with Gasteiger partial charge in [-0.2, -0.15) is 4.31 Å². The van der Waals surface area contributed by atoms with Gasteiger partial charge in [-0.3, -0.25) is 0 Å². The molecule has 0 atom stereocenters. The number of carbonyl (C=O) groups excluding carboxylic acids is 1. The first-order valence-electron chi connectivity index (χ1n) is 8.29. The lowest BCUT2D eigenvalue weighted by atomic mass is 10.1. The van der Waals surface area contributed by atoms with Crippen LogP contribution in [0.1, 0.15) is 30.3 Å². The molecule has 9 heteroatoms. The Morgan fingerprint density at radius 1 is 1.27 bits per heavy atom. The van der Waals surface area contributed by atoms with Crippen LogP contribution in [0.4, 0.5) is 0 Å². The predicted molar refractivity (Wildman–Crippen MR) is 92.4 cm³/mol. The number of rotatable bonds is 6. The van der Waals surface area contributed by atoms with Crippen molar-refractivity contribution >= 4 is 16.0 Å². The molecule has 1 saturated heterocycles. The van der Waals surface area contributed by atoms with Gasteiger partial charge in [-0.05, 0) is 38.0 Å². The second kappa shape index (κ2) is 7.46. The Kier molecular flexibility index (Phi) is 5.28. The van der Waals surface area contributed by atoms with Gasteiger partial charge in [0.2, 0.25) is 10.0 Å². The van der Waals surface area contributed by atoms with Gasteiger partial charge in [0.1, 0.15) is 10.6 Å². The van der Waals surface area contributed by atoms with Crippen molar-refractivity contribution in [2.45, 2.75) is 24.7 Å². The van der Waals surface area contributed by atoms with Crippen LogP contribution in [0.15, 0.2) is 33.7 Å². The highest BCUT2D eigenvalue weighted by atomic mass is 32.2. The SMILES string of the molecule is CCOC(=O)c1cc(-c2ccc(OC)c(S(=O)(=O)N3CCCC3)c2)on1. The number of aromatic nitrogens is 1. The van der Waals surface area contributed by atoms with Crippen molar-refractivity contribution in [3.05, 3.63) is 30.0 Å². The quantitative estimate of drug-likeness (QED) is 0.709. The van der Waals surface area contributed by atoms with E-state index in [9.17, 15) is 13.2 Å². The first-order valence-corrected chi connectivity index (χ1v) is 9.73. The largest absolute Gasteiger partial charge is 0.495 e. The monoisotopic (exact) mass is 380 g/mol. The third kappa shape index (κ3) is 3.45. The van der Waals surface area contributed by atoms with Crippen molar-refractivity contribution in [1.82, 2.24) is 9.46 Å². The molecule has 0 saturated carbocycles. The molecule has 140 valence electrons. The third-order valence-electron chi connectivity index (χ3n) is 4.13. The highest BCUT2D eigenvalue weighted by Gasteiger charge is 2.30. The summed E-state index contributed by atoms with van der Waals surface area (Å²) in [5.74, 6) is -0.0692. The van der Waals surface area contributed by atoms with Crippen molar-refractivity contribution in [1.29, 1.82) is 0 Å². The van der Waals surface area contributed by atoms with Gasteiger partial charge in [0.25, 0.3) is 0 Å². The Hall–Kier alpha value is -2.39. The average Bonchev–Trinajstić information content (AvgIpc) is 3.33. The summed E-state index contributed by atoms with van der Waals surface area (Å²) < 4.78 is 42.6. The zero-order valence-corrected chi connectivity index (χ0v) is 15.4. The van der Waals surface area contributed by atoms with Gasteiger partial charge in [-0.25, -0.2) is 13.2 Å². The molecule has 2 aromatic rings.